The third-order valence-electron chi connectivity index (χ3n) is 4.68. The highest BCUT2D eigenvalue weighted by Crippen LogP contribution is 2.37. The van der Waals surface area contributed by atoms with Gasteiger partial charge in [0.2, 0.25) is 6.79 Å². The van der Waals surface area contributed by atoms with Gasteiger partial charge in [0.05, 0.1) is 17.3 Å². The summed E-state index contributed by atoms with van der Waals surface area (Å²) in [4.78, 5) is 12.4. The van der Waals surface area contributed by atoms with Gasteiger partial charge in [-0.1, -0.05) is 29.8 Å². The second kappa shape index (κ2) is 10.6. The van der Waals surface area contributed by atoms with Crippen LogP contribution in [0.15, 0.2) is 64.2 Å². The zero-order valence-electron chi connectivity index (χ0n) is 17.6. The predicted molar refractivity (Wildman–Crippen MR) is 129 cm³/mol. The Kier molecular flexibility index (Phi) is 7.36. The fourth-order valence-corrected chi connectivity index (χ4v) is 3.86. The number of hydrogen-bond acceptors (Lipinski definition) is 6. The monoisotopic (exact) mass is 530 g/mol. The topological polar surface area (TPSA) is 78.4 Å². The number of nitrogens with one attached hydrogen (secondary N) is 1. The van der Waals surface area contributed by atoms with Crippen molar-refractivity contribution in [2.45, 2.75) is 13.5 Å². The molecule has 1 N–H and O–H groups in total. The molecule has 3 aromatic rings. The number of rotatable bonds is 8. The molecular weight excluding hydrogens is 512 g/mol. The molecule has 0 bridgehead atoms. The maximum Gasteiger partial charge on any atom is 0.271 e. The number of hydrazone groups is 1. The summed E-state index contributed by atoms with van der Waals surface area (Å²) in [5.74, 6) is 1.87. The van der Waals surface area contributed by atoms with Gasteiger partial charge in [0, 0.05) is 16.1 Å². The Morgan fingerprint density at radius 1 is 1.15 bits per heavy atom. The Labute approximate surface area is 204 Å². The van der Waals surface area contributed by atoms with Crippen LogP contribution in [0.3, 0.4) is 0 Å². The number of ether oxygens (including phenoxy) is 4. The van der Waals surface area contributed by atoms with Crippen molar-refractivity contribution in [1.82, 2.24) is 5.43 Å². The number of halogens is 2. The van der Waals surface area contributed by atoms with Crippen LogP contribution < -0.4 is 24.4 Å². The lowest BCUT2D eigenvalue weighted by Crippen LogP contribution is -2.17. The van der Waals surface area contributed by atoms with Crippen LogP contribution in [-0.4, -0.2) is 25.5 Å². The minimum Gasteiger partial charge on any atom is -0.490 e. The average molecular weight is 532 g/mol. The van der Waals surface area contributed by atoms with Gasteiger partial charge >= 0.3 is 0 Å². The zero-order valence-corrected chi connectivity index (χ0v) is 20.0. The minimum absolute atomic E-state index is 0.147. The van der Waals surface area contributed by atoms with Crippen molar-refractivity contribution in [3.05, 3.63) is 80.8 Å². The van der Waals surface area contributed by atoms with Crippen molar-refractivity contribution in [3.63, 3.8) is 0 Å². The molecule has 3 aromatic carbocycles. The fraction of sp³-hybridized carbons (Fsp3) is 0.167. The smallest absolute Gasteiger partial charge is 0.271 e. The molecule has 0 saturated heterocycles. The molecule has 1 heterocycles. The molecule has 9 heteroatoms. The van der Waals surface area contributed by atoms with Crippen LogP contribution in [0.2, 0.25) is 5.02 Å². The van der Waals surface area contributed by atoms with Gasteiger partial charge in [-0.15, -0.1) is 0 Å². The number of benzene rings is 3. The molecule has 0 aromatic heterocycles. The Morgan fingerprint density at radius 3 is 2.79 bits per heavy atom. The van der Waals surface area contributed by atoms with Crippen molar-refractivity contribution < 1.29 is 23.7 Å². The Bertz CT molecular complexity index is 1200. The van der Waals surface area contributed by atoms with Crippen LogP contribution in [0.4, 0.5) is 0 Å². The van der Waals surface area contributed by atoms with E-state index < -0.39 is 0 Å². The third kappa shape index (κ3) is 5.58. The molecule has 33 heavy (non-hydrogen) atoms. The molecule has 1 aliphatic rings. The molecule has 1 amide bonds. The van der Waals surface area contributed by atoms with E-state index in [-0.39, 0.29) is 19.3 Å². The van der Waals surface area contributed by atoms with Gasteiger partial charge in [0.25, 0.3) is 5.91 Å². The highest BCUT2D eigenvalue weighted by atomic mass is 79.9. The number of fused-ring (bicyclic) bond motifs is 1. The summed E-state index contributed by atoms with van der Waals surface area (Å²) in [5.41, 5.74) is 4.50. The van der Waals surface area contributed by atoms with Gasteiger partial charge in [0.1, 0.15) is 6.61 Å². The summed E-state index contributed by atoms with van der Waals surface area (Å²) in [5, 5.41) is 4.69. The molecule has 0 unspecified atom stereocenters. The second-order valence-corrected chi connectivity index (χ2v) is 8.17. The van der Waals surface area contributed by atoms with E-state index in [0.717, 1.165) is 5.56 Å². The van der Waals surface area contributed by atoms with Crippen LogP contribution in [0.5, 0.6) is 23.0 Å². The SMILES string of the molecule is CCOc1cc(C=NNC(=O)c2ccc3c(c2)OCO3)cc(Br)c1OCc1ccccc1Cl. The first-order chi connectivity index (χ1) is 16.0. The maximum absolute atomic E-state index is 12.4. The molecule has 0 spiro atoms. The number of carbonyl (C=O) groups excluding carboxylic acids is 1. The Morgan fingerprint density at radius 2 is 1.97 bits per heavy atom. The quantitative estimate of drug-likeness (QED) is 0.304. The van der Waals surface area contributed by atoms with Crippen LogP contribution >= 0.6 is 27.5 Å². The van der Waals surface area contributed by atoms with Crippen LogP contribution in [0.25, 0.3) is 0 Å². The van der Waals surface area contributed by atoms with Crippen LogP contribution in [-0.2, 0) is 6.61 Å². The first-order valence-electron chi connectivity index (χ1n) is 10.1. The van der Waals surface area contributed by atoms with Crippen molar-refractivity contribution in [3.8, 4) is 23.0 Å². The van der Waals surface area contributed by atoms with Gasteiger partial charge in [-0.05, 0) is 64.8 Å². The largest absolute Gasteiger partial charge is 0.490 e. The van der Waals surface area contributed by atoms with Crippen LogP contribution in [0.1, 0.15) is 28.4 Å². The standard InChI is InChI=1S/C24H20BrClN2O5/c1-2-30-22-10-15(9-18(25)23(22)31-13-17-5-3-4-6-19(17)26)12-27-28-24(29)16-7-8-20-21(11-16)33-14-32-20/h3-12H,2,13-14H2,1H3,(H,28,29). The van der Waals surface area contributed by atoms with E-state index >= 15 is 0 Å². The fourth-order valence-electron chi connectivity index (χ4n) is 3.10. The summed E-state index contributed by atoms with van der Waals surface area (Å²) in [6.45, 7) is 2.78. The van der Waals surface area contributed by atoms with Gasteiger partial charge < -0.3 is 18.9 Å². The molecule has 0 saturated carbocycles. The van der Waals surface area contributed by atoms with Gasteiger partial charge in [-0.25, -0.2) is 5.43 Å². The lowest BCUT2D eigenvalue weighted by Gasteiger charge is -2.15. The highest BCUT2D eigenvalue weighted by Gasteiger charge is 2.16. The number of hydrogen-bond donors (Lipinski definition) is 1. The van der Waals surface area contributed by atoms with E-state index in [1.54, 1.807) is 24.3 Å². The van der Waals surface area contributed by atoms with E-state index in [4.69, 9.17) is 30.5 Å². The molecule has 0 fully saturated rings. The first-order valence-corrected chi connectivity index (χ1v) is 11.3. The Hall–Kier alpha value is -3.23. The normalized spacial score (nSPS) is 12.1. The summed E-state index contributed by atoms with van der Waals surface area (Å²) >= 11 is 9.76. The van der Waals surface area contributed by atoms with E-state index in [1.807, 2.05) is 37.3 Å². The van der Waals surface area contributed by atoms with Crippen molar-refractivity contribution >= 4 is 39.7 Å². The van der Waals surface area contributed by atoms with Crippen molar-refractivity contribution in [1.29, 1.82) is 0 Å². The summed E-state index contributed by atoms with van der Waals surface area (Å²) in [7, 11) is 0. The predicted octanol–water partition coefficient (Wildman–Crippen LogP) is 5.57. The molecule has 0 aliphatic carbocycles. The van der Waals surface area contributed by atoms with Gasteiger partial charge in [-0.3, -0.25) is 4.79 Å². The molecular formula is C24H20BrClN2O5. The van der Waals surface area contributed by atoms with E-state index in [9.17, 15) is 4.79 Å². The average Bonchev–Trinajstić information content (AvgIpc) is 3.28. The second-order valence-electron chi connectivity index (χ2n) is 6.91. The van der Waals surface area contributed by atoms with E-state index in [1.165, 1.54) is 6.21 Å². The molecule has 1 aliphatic heterocycles. The highest BCUT2D eigenvalue weighted by molar-refractivity contribution is 9.10. The summed E-state index contributed by atoms with van der Waals surface area (Å²) in [6, 6.07) is 16.0. The van der Waals surface area contributed by atoms with Crippen molar-refractivity contribution in [2.75, 3.05) is 13.4 Å². The number of carbonyl (C=O) groups is 1. The number of amides is 1. The van der Waals surface area contributed by atoms with E-state index in [2.05, 4.69) is 26.5 Å². The van der Waals surface area contributed by atoms with Crippen molar-refractivity contribution in [2.24, 2.45) is 5.10 Å². The van der Waals surface area contributed by atoms with Crippen LogP contribution in [0, 0.1) is 0 Å². The first kappa shape index (κ1) is 22.9. The zero-order chi connectivity index (χ0) is 23.2. The molecule has 4 rings (SSSR count). The summed E-state index contributed by atoms with van der Waals surface area (Å²) < 4.78 is 23.0. The van der Waals surface area contributed by atoms with E-state index in [0.29, 0.717) is 50.2 Å². The third-order valence-corrected chi connectivity index (χ3v) is 5.63. The maximum atomic E-state index is 12.4. The summed E-state index contributed by atoms with van der Waals surface area (Å²) in [6.07, 6.45) is 1.52. The molecule has 170 valence electrons. The number of nitrogens with zero attached hydrogens (tertiary/aromatic N) is 1. The van der Waals surface area contributed by atoms with Gasteiger partial charge in [-0.2, -0.15) is 5.10 Å². The lowest BCUT2D eigenvalue weighted by molar-refractivity contribution is 0.0954. The molecule has 7 nitrogen and oxygen atoms in total. The lowest BCUT2D eigenvalue weighted by atomic mass is 10.2. The molecule has 0 atom stereocenters. The minimum atomic E-state index is -0.367. The Balaban J connectivity index is 1.45. The van der Waals surface area contributed by atoms with Gasteiger partial charge in [0.15, 0.2) is 23.0 Å². The molecule has 0 radical (unpaired) electrons.